The number of nitrogens with zero attached hydrogens (tertiary/aromatic N) is 1. The van der Waals surface area contributed by atoms with E-state index in [2.05, 4.69) is 4.18 Å². The minimum absolute atomic E-state index is 0.102. The molecule has 0 fully saturated rings. The van der Waals surface area contributed by atoms with Crippen LogP contribution in [0.5, 0.6) is 5.75 Å². The van der Waals surface area contributed by atoms with Gasteiger partial charge in [-0.05, 0) is 81.0 Å². The molecule has 0 aliphatic heterocycles. The summed E-state index contributed by atoms with van der Waals surface area (Å²) in [4.78, 5) is 14.5. The van der Waals surface area contributed by atoms with Gasteiger partial charge in [-0.15, -0.1) is 0 Å². The first kappa shape index (κ1) is 28.1. The number of rotatable bonds is 6. The SMILES string of the molecule is CC(C)(C)OC(=O)N(C[C@@H](O)c1ccc(Cl)cc1)[C@H]1CCc2ccc(OS(=O)(=O)C(F)(F)F)cc2C1. The molecular weight excluding hydrogens is 523 g/mol. The Bertz CT molecular complexity index is 1200. The maximum atomic E-state index is 13.1. The molecule has 36 heavy (non-hydrogen) atoms. The third kappa shape index (κ3) is 7.04. The Hall–Kier alpha value is -2.50. The van der Waals surface area contributed by atoms with E-state index < -0.39 is 45.2 Å². The van der Waals surface area contributed by atoms with Gasteiger partial charge in [-0.25, -0.2) is 4.79 Å². The van der Waals surface area contributed by atoms with Gasteiger partial charge in [-0.2, -0.15) is 21.6 Å². The topological polar surface area (TPSA) is 93.1 Å². The molecule has 1 aliphatic carbocycles. The highest BCUT2D eigenvalue weighted by molar-refractivity contribution is 7.88. The predicted molar refractivity (Wildman–Crippen MR) is 127 cm³/mol. The Balaban J connectivity index is 1.86. The first-order chi connectivity index (χ1) is 16.6. The fraction of sp³-hybridized carbons (Fsp3) is 0.458. The van der Waals surface area contributed by atoms with Crippen molar-refractivity contribution >= 4 is 27.8 Å². The number of fused-ring (bicyclic) bond motifs is 1. The van der Waals surface area contributed by atoms with E-state index in [1.807, 2.05) is 0 Å². The summed E-state index contributed by atoms with van der Waals surface area (Å²) in [5, 5.41) is 11.3. The van der Waals surface area contributed by atoms with Crippen molar-refractivity contribution in [1.82, 2.24) is 4.90 Å². The largest absolute Gasteiger partial charge is 0.534 e. The molecule has 12 heteroatoms. The number of hydrogen-bond acceptors (Lipinski definition) is 6. The molecule has 0 heterocycles. The van der Waals surface area contributed by atoms with Crippen molar-refractivity contribution in [3.05, 3.63) is 64.2 Å². The van der Waals surface area contributed by atoms with Gasteiger partial charge in [0.05, 0.1) is 12.6 Å². The Labute approximate surface area is 212 Å². The van der Waals surface area contributed by atoms with E-state index in [9.17, 15) is 31.5 Å². The zero-order valence-electron chi connectivity index (χ0n) is 19.9. The fourth-order valence-corrected chi connectivity index (χ4v) is 4.45. The van der Waals surface area contributed by atoms with Gasteiger partial charge in [0.25, 0.3) is 0 Å². The maximum absolute atomic E-state index is 13.1. The van der Waals surface area contributed by atoms with E-state index >= 15 is 0 Å². The second-order valence-electron chi connectivity index (χ2n) is 9.51. The summed E-state index contributed by atoms with van der Waals surface area (Å²) >= 11 is 5.92. The summed E-state index contributed by atoms with van der Waals surface area (Å²) in [5.74, 6) is -0.475. The Morgan fingerprint density at radius 1 is 1.14 bits per heavy atom. The van der Waals surface area contributed by atoms with Crippen molar-refractivity contribution in [3.8, 4) is 5.75 Å². The molecule has 0 unspecified atom stereocenters. The van der Waals surface area contributed by atoms with Crippen LogP contribution >= 0.6 is 11.6 Å². The van der Waals surface area contributed by atoms with Crippen molar-refractivity contribution in [1.29, 1.82) is 0 Å². The number of halogens is 4. The van der Waals surface area contributed by atoms with Crippen LogP contribution in [0.4, 0.5) is 18.0 Å². The summed E-state index contributed by atoms with van der Waals surface area (Å²) in [7, 11) is -5.82. The second-order valence-corrected chi connectivity index (χ2v) is 11.5. The minimum Gasteiger partial charge on any atom is -0.444 e. The lowest BCUT2D eigenvalue weighted by Gasteiger charge is -2.37. The van der Waals surface area contributed by atoms with Crippen LogP contribution in [0.2, 0.25) is 5.02 Å². The molecule has 1 N–H and O–H groups in total. The van der Waals surface area contributed by atoms with Gasteiger partial charge in [0.1, 0.15) is 11.4 Å². The number of carbonyl (C=O) groups is 1. The summed E-state index contributed by atoms with van der Waals surface area (Å²) in [5.41, 5.74) is -4.49. The molecule has 1 amide bonds. The van der Waals surface area contributed by atoms with Crippen LogP contribution in [0.1, 0.15) is 50.0 Å². The number of aryl methyl sites for hydroxylation is 1. The molecule has 3 rings (SSSR count). The van der Waals surface area contributed by atoms with E-state index in [0.717, 1.165) is 5.56 Å². The molecule has 0 saturated heterocycles. The summed E-state index contributed by atoms with van der Waals surface area (Å²) < 4.78 is 70.8. The van der Waals surface area contributed by atoms with Crippen LogP contribution in [0.15, 0.2) is 42.5 Å². The molecule has 0 bridgehead atoms. The van der Waals surface area contributed by atoms with E-state index in [0.29, 0.717) is 29.0 Å². The highest BCUT2D eigenvalue weighted by atomic mass is 35.5. The zero-order valence-corrected chi connectivity index (χ0v) is 21.5. The van der Waals surface area contributed by atoms with Gasteiger partial charge < -0.3 is 18.9 Å². The van der Waals surface area contributed by atoms with Gasteiger partial charge in [0, 0.05) is 11.1 Å². The Morgan fingerprint density at radius 3 is 2.36 bits per heavy atom. The van der Waals surface area contributed by atoms with Crippen LogP contribution in [-0.4, -0.2) is 48.2 Å². The molecule has 2 aromatic carbocycles. The number of benzene rings is 2. The van der Waals surface area contributed by atoms with Crippen LogP contribution < -0.4 is 4.18 Å². The van der Waals surface area contributed by atoms with Gasteiger partial charge >= 0.3 is 21.7 Å². The van der Waals surface area contributed by atoms with Gasteiger partial charge in [0.2, 0.25) is 0 Å². The predicted octanol–water partition coefficient (Wildman–Crippen LogP) is 5.40. The molecule has 0 aromatic heterocycles. The number of alkyl halides is 3. The summed E-state index contributed by atoms with van der Waals surface area (Å²) in [6, 6.07) is 9.95. The molecule has 2 atom stereocenters. The van der Waals surface area contributed by atoms with Crippen molar-refractivity contribution in [2.45, 2.75) is 63.3 Å². The van der Waals surface area contributed by atoms with Crippen molar-refractivity contribution in [2.75, 3.05) is 6.54 Å². The zero-order chi connectivity index (χ0) is 26.9. The number of aliphatic hydroxyl groups excluding tert-OH is 1. The maximum Gasteiger partial charge on any atom is 0.534 e. The average Bonchev–Trinajstić information content (AvgIpc) is 2.75. The van der Waals surface area contributed by atoms with E-state index in [1.54, 1.807) is 45.0 Å². The molecule has 2 aromatic rings. The summed E-state index contributed by atoms with van der Waals surface area (Å²) in [6.07, 6.45) is -0.534. The molecule has 7 nitrogen and oxygen atoms in total. The summed E-state index contributed by atoms with van der Waals surface area (Å²) in [6.45, 7) is 5.02. The highest BCUT2D eigenvalue weighted by Crippen LogP contribution is 2.32. The van der Waals surface area contributed by atoms with Crippen LogP contribution in [0.25, 0.3) is 0 Å². The monoisotopic (exact) mass is 549 g/mol. The average molecular weight is 550 g/mol. The molecule has 1 aliphatic rings. The first-order valence-electron chi connectivity index (χ1n) is 11.1. The van der Waals surface area contributed by atoms with Crippen molar-refractivity contribution in [3.63, 3.8) is 0 Å². The highest BCUT2D eigenvalue weighted by Gasteiger charge is 2.48. The van der Waals surface area contributed by atoms with Gasteiger partial charge in [0.15, 0.2) is 0 Å². The van der Waals surface area contributed by atoms with Crippen LogP contribution in [0.3, 0.4) is 0 Å². The van der Waals surface area contributed by atoms with E-state index in [1.165, 1.54) is 23.1 Å². The standard InChI is InChI=1S/C24H27ClF3NO6S/c1-23(2,3)34-22(31)29(14-21(30)16-4-8-18(25)9-5-16)19-10-6-15-7-11-20(13-17(15)12-19)35-36(32,33)24(26,27)28/h4-5,7-9,11,13,19,21,30H,6,10,12,14H2,1-3H3/t19-,21+/m0/s1. The second kappa shape index (κ2) is 10.5. The quantitative estimate of drug-likeness (QED) is 0.383. The third-order valence-electron chi connectivity index (χ3n) is 5.56. The van der Waals surface area contributed by atoms with Gasteiger partial charge in [-0.1, -0.05) is 29.8 Å². The molecule has 0 radical (unpaired) electrons. The van der Waals surface area contributed by atoms with Crippen molar-refractivity contribution < 1.29 is 40.4 Å². The molecule has 0 saturated carbocycles. The van der Waals surface area contributed by atoms with E-state index in [4.69, 9.17) is 16.3 Å². The number of hydrogen-bond donors (Lipinski definition) is 1. The van der Waals surface area contributed by atoms with Crippen LogP contribution in [0, 0.1) is 0 Å². The Morgan fingerprint density at radius 2 is 1.78 bits per heavy atom. The molecule has 0 spiro atoms. The third-order valence-corrected chi connectivity index (χ3v) is 6.79. The van der Waals surface area contributed by atoms with Crippen LogP contribution in [-0.2, 0) is 27.7 Å². The first-order valence-corrected chi connectivity index (χ1v) is 12.9. The molecule has 198 valence electrons. The number of aliphatic hydroxyl groups is 1. The number of ether oxygens (including phenoxy) is 1. The number of carbonyl (C=O) groups excluding carboxylic acids is 1. The van der Waals surface area contributed by atoms with E-state index in [-0.39, 0.29) is 13.0 Å². The van der Waals surface area contributed by atoms with Gasteiger partial charge in [-0.3, -0.25) is 0 Å². The minimum atomic E-state index is -5.82. The normalized spacial score (nSPS) is 17.2. The smallest absolute Gasteiger partial charge is 0.444 e. The molecular formula is C24H27ClF3NO6S. The fourth-order valence-electron chi connectivity index (χ4n) is 3.88. The lowest BCUT2D eigenvalue weighted by atomic mass is 9.87. The lowest BCUT2D eigenvalue weighted by molar-refractivity contribution is -0.0500. The Kier molecular flexibility index (Phi) is 8.17. The number of amides is 1. The lowest BCUT2D eigenvalue weighted by Crippen LogP contribution is -2.47. The van der Waals surface area contributed by atoms with Crippen molar-refractivity contribution in [2.24, 2.45) is 0 Å².